The van der Waals surface area contributed by atoms with Gasteiger partial charge in [0.15, 0.2) is 0 Å². The number of nitrogens with zero attached hydrogens (tertiary/aromatic N) is 1. The fourth-order valence-electron chi connectivity index (χ4n) is 3.65. The largest absolute Gasteiger partial charge is 0.466 e. The van der Waals surface area contributed by atoms with E-state index in [1.54, 1.807) is 0 Å². The Morgan fingerprint density at radius 3 is 2.33 bits per heavy atom. The number of aryl methyl sites for hydroxylation is 2. The smallest absolute Gasteiger partial charge is 0.257 e. The summed E-state index contributed by atoms with van der Waals surface area (Å²) in [6.45, 7) is 7.81. The van der Waals surface area contributed by atoms with Gasteiger partial charge in [0.05, 0.1) is 5.56 Å². The molecule has 0 aromatic carbocycles. The van der Waals surface area contributed by atoms with Crippen LogP contribution in [0.1, 0.15) is 47.6 Å². The Morgan fingerprint density at radius 2 is 1.81 bits per heavy atom. The second kappa shape index (κ2) is 6.41. The molecule has 21 heavy (non-hydrogen) atoms. The van der Waals surface area contributed by atoms with Crippen molar-refractivity contribution in [1.29, 1.82) is 0 Å². The number of likely N-dealkylation sites (tertiary alicyclic amines) is 1. The molecule has 1 aromatic rings. The molecule has 5 heteroatoms. The van der Waals surface area contributed by atoms with Gasteiger partial charge in [-0.3, -0.25) is 4.79 Å². The summed E-state index contributed by atoms with van der Waals surface area (Å²) < 4.78 is 5.48. The number of rotatable bonds is 1. The first-order chi connectivity index (χ1) is 9.60. The lowest BCUT2D eigenvalue weighted by atomic mass is 9.71. The predicted molar refractivity (Wildman–Crippen MR) is 85.1 cm³/mol. The predicted octanol–water partition coefficient (Wildman–Crippen LogP) is 2.92. The molecule has 0 unspecified atom stereocenters. The number of hydrogen-bond acceptors (Lipinski definition) is 3. The van der Waals surface area contributed by atoms with Gasteiger partial charge in [0.1, 0.15) is 11.5 Å². The zero-order chi connectivity index (χ0) is 14.2. The van der Waals surface area contributed by atoms with Crippen LogP contribution in [0, 0.1) is 19.3 Å². The maximum absolute atomic E-state index is 12.6. The van der Waals surface area contributed by atoms with Gasteiger partial charge in [-0.25, -0.2) is 0 Å². The van der Waals surface area contributed by atoms with E-state index in [0.29, 0.717) is 5.41 Å². The van der Waals surface area contributed by atoms with Crippen molar-refractivity contribution in [2.24, 2.45) is 5.41 Å². The van der Waals surface area contributed by atoms with Crippen molar-refractivity contribution in [3.8, 4) is 0 Å². The van der Waals surface area contributed by atoms with Gasteiger partial charge in [0.25, 0.3) is 5.91 Å². The highest BCUT2D eigenvalue weighted by Crippen LogP contribution is 2.39. The van der Waals surface area contributed by atoms with E-state index in [9.17, 15) is 4.79 Å². The molecule has 0 radical (unpaired) electrons. The third kappa shape index (κ3) is 3.27. The molecule has 118 valence electrons. The molecule has 1 amide bonds. The normalized spacial score (nSPS) is 21.1. The monoisotopic (exact) mass is 312 g/mol. The van der Waals surface area contributed by atoms with Crippen LogP contribution < -0.4 is 5.32 Å². The van der Waals surface area contributed by atoms with E-state index in [-0.39, 0.29) is 18.3 Å². The number of carbonyl (C=O) groups excluding carboxylic acids is 1. The van der Waals surface area contributed by atoms with Crippen molar-refractivity contribution >= 4 is 18.3 Å². The first-order valence-corrected chi connectivity index (χ1v) is 7.67. The van der Waals surface area contributed by atoms with E-state index < -0.39 is 0 Å². The number of piperidine rings is 2. The quantitative estimate of drug-likeness (QED) is 0.867. The molecule has 3 rings (SSSR count). The van der Waals surface area contributed by atoms with Crippen molar-refractivity contribution < 1.29 is 9.21 Å². The van der Waals surface area contributed by atoms with Crippen molar-refractivity contribution in [3.63, 3.8) is 0 Å². The molecule has 2 fully saturated rings. The molecule has 0 atom stereocenters. The van der Waals surface area contributed by atoms with E-state index in [1.165, 1.54) is 12.8 Å². The fourth-order valence-corrected chi connectivity index (χ4v) is 3.65. The fraction of sp³-hybridized carbons (Fsp3) is 0.688. The van der Waals surface area contributed by atoms with Gasteiger partial charge in [-0.1, -0.05) is 0 Å². The maximum atomic E-state index is 12.6. The number of carbonyl (C=O) groups is 1. The first kappa shape index (κ1) is 16.4. The molecule has 1 N–H and O–H groups in total. The number of furan rings is 1. The van der Waals surface area contributed by atoms with E-state index in [0.717, 1.165) is 56.1 Å². The Hall–Kier alpha value is -1.000. The van der Waals surface area contributed by atoms with Crippen LogP contribution in [-0.2, 0) is 0 Å². The number of halogens is 1. The minimum absolute atomic E-state index is 0. The van der Waals surface area contributed by atoms with Gasteiger partial charge in [0.2, 0.25) is 0 Å². The summed E-state index contributed by atoms with van der Waals surface area (Å²) in [5, 5.41) is 3.43. The molecule has 0 saturated carbocycles. The second-order valence-corrected chi connectivity index (χ2v) is 6.37. The van der Waals surface area contributed by atoms with E-state index in [1.807, 2.05) is 24.8 Å². The van der Waals surface area contributed by atoms with Gasteiger partial charge in [-0.2, -0.15) is 0 Å². The van der Waals surface area contributed by atoms with Gasteiger partial charge in [-0.05, 0) is 64.1 Å². The third-order valence-electron chi connectivity index (χ3n) is 5.05. The van der Waals surface area contributed by atoms with Crippen LogP contribution in [0.25, 0.3) is 0 Å². The topological polar surface area (TPSA) is 45.5 Å². The van der Waals surface area contributed by atoms with Crippen LogP contribution in [0.4, 0.5) is 0 Å². The standard InChI is InChI=1S/C16H24N2O2.ClH/c1-12-11-14(13(2)20-12)15(19)18-9-5-16(6-10-18)3-7-17-8-4-16;/h11,17H,3-10H2,1-2H3;1H. The molecule has 3 heterocycles. The molecule has 0 bridgehead atoms. The highest BCUT2D eigenvalue weighted by molar-refractivity contribution is 5.95. The molecule has 2 aliphatic heterocycles. The zero-order valence-corrected chi connectivity index (χ0v) is 13.7. The van der Waals surface area contributed by atoms with Gasteiger partial charge < -0.3 is 14.6 Å². The SMILES string of the molecule is Cc1cc(C(=O)N2CCC3(CCNCC3)CC2)c(C)o1.Cl. The molecule has 2 aliphatic rings. The van der Waals surface area contributed by atoms with Crippen molar-refractivity contribution in [2.75, 3.05) is 26.2 Å². The lowest BCUT2D eigenvalue weighted by molar-refractivity contribution is 0.0494. The number of amides is 1. The summed E-state index contributed by atoms with van der Waals surface area (Å²) in [5.74, 6) is 1.70. The third-order valence-corrected chi connectivity index (χ3v) is 5.05. The molecule has 2 saturated heterocycles. The van der Waals surface area contributed by atoms with Crippen LogP contribution in [0.3, 0.4) is 0 Å². The maximum Gasteiger partial charge on any atom is 0.257 e. The lowest BCUT2D eigenvalue weighted by Gasteiger charge is -2.44. The van der Waals surface area contributed by atoms with Gasteiger partial charge in [0, 0.05) is 13.1 Å². The first-order valence-electron chi connectivity index (χ1n) is 7.67. The number of hydrogen-bond donors (Lipinski definition) is 1. The second-order valence-electron chi connectivity index (χ2n) is 6.37. The molecular weight excluding hydrogens is 288 g/mol. The average molecular weight is 313 g/mol. The molecule has 1 aromatic heterocycles. The summed E-state index contributed by atoms with van der Waals surface area (Å²) in [4.78, 5) is 14.6. The summed E-state index contributed by atoms with van der Waals surface area (Å²) in [6, 6.07) is 1.87. The molecule has 0 aliphatic carbocycles. The Morgan fingerprint density at radius 1 is 1.19 bits per heavy atom. The average Bonchev–Trinajstić information content (AvgIpc) is 2.79. The Bertz CT molecular complexity index is 496. The van der Waals surface area contributed by atoms with E-state index in [2.05, 4.69) is 5.32 Å². The van der Waals surface area contributed by atoms with E-state index in [4.69, 9.17) is 4.42 Å². The lowest BCUT2D eigenvalue weighted by Crippen LogP contribution is -2.47. The Labute approximate surface area is 132 Å². The summed E-state index contributed by atoms with van der Waals surface area (Å²) in [7, 11) is 0. The summed E-state index contributed by atoms with van der Waals surface area (Å²) >= 11 is 0. The van der Waals surface area contributed by atoms with Crippen molar-refractivity contribution in [2.45, 2.75) is 39.5 Å². The van der Waals surface area contributed by atoms with Gasteiger partial charge in [-0.15, -0.1) is 12.4 Å². The van der Waals surface area contributed by atoms with Crippen LogP contribution in [-0.4, -0.2) is 37.0 Å². The van der Waals surface area contributed by atoms with E-state index >= 15 is 0 Å². The van der Waals surface area contributed by atoms with Crippen LogP contribution >= 0.6 is 12.4 Å². The minimum Gasteiger partial charge on any atom is -0.466 e. The summed E-state index contributed by atoms with van der Waals surface area (Å²) in [6.07, 6.45) is 4.82. The highest BCUT2D eigenvalue weighted by atomic mass is 35.5. The van der Waals surface area contributed by atoms with Crippen molar-refractivity contribution in [3.05, 3.63) is 23.2 Å². The van der Waals surface area contributed by atoms with Crippen LogP contribution in [0.5, 0.6) is 0 Å². The number of nitrogens with one attached hydrogen (secondary N) is 1. The van der Waals surface area contributed by atoms with Crippen LogP contribution in [0.15, 0.2) is 10.5 Å². The Balaban J connectivity index is 0.00000161. The highest BCUT2D eigenvalue weighted by Gasteiger charge is 2.37. The van der Waals surface area contributed by atoms with Crippen LogP contribution in [0.2, 0.25) is 0 Å². The zero-order valence-electron chi connectivity index (χ0n) is 12.9. The Kier molecular flexibility index (Phi) is 4.99. The molecule has 1 spiro atoms. The molecular formula is C16H25ClN2O2. The summed E-state index contributed by atoms with van der Waals surface area (Å²) in [5.41, 5.74) is 1.23. The van der Waals surface area contributed by atoms with Crippen molar-refractivity contribution in [1.82, 2.24) is 10.2 Å². The minimum atomic E-state index is 0. The molecule has 4 nitrogen and oxygen atoms in total. The van der Waals surface area contributed by atoms with Gasteiger partial charge >= 0.3 is 0 Å².